The molecule has 7 nitrogen and oxygen atoms in total. The number of anilines is 2. The van der Waals surface area contributed by atoms with E-state index < -0.39 is 0 Å². The van der Waals surface area contributed by atoms with Crippen molar-refractivity contribution in [2.75, 3.05) is 37.8 Å². The molecule has 0 aliphatic heterocycles. The van der Waals surface area contributed by atoms with Crippen molar-refractivity contribution in [3.8, 4) is 0 Å². The molecule has 106 valence electrons. The first kappa shape index (κ1) is 14.1. The first-order valence-corrected chi connectivity index (χ1v) is 6.45. The van der Waals surface area contributed by atoms with Crippen LogP contribution in [-0.2, 0) is 6.54 Å². The molecule has 0 atom stereocenters. The Bertz CT molecular complexity index is 515. The minimum atomic E-state index is 0.511. The number of pyridine rings is 1. The van der Waals surface area contributed by atoms with Gasteiger partial charge in [-0.15, -0.1) is 5.10 Å². The van der Waals surface area contributed by atoms with Crippen LogP contribution >= 0.6 is 0 Å². The van der Waals surface area contributed by atoms with Crippen molar-refractivity contribution < 1.29 is 0 Å². The maximum atomic E-state index is 4.35. The lowest BCUT2D eigenvalue weighted by Crippen LogP contribution is -2.21. The van der Waals surface area contributed by atoms with Crippen LogP contribution in [0.25, 0.3) is 0 Å². The zero-order valence-electron chi connectivity index (χ0n) is 11.7. The molecule has 0 saturated heterocycles. The van der Waals surface area contributed by atoms with Crippen molar-refractivity contribution in [1.29, 1.82) is 0 Å². The summed E-state index contributed by atoms with van der Waals surface area (Å²) in [4.78, 5) is 10.4. The average Bonchev–Trinajstić information content (AvgIpc) is 2.46. The average molecular weight is 273 g/mol. The van der Waals surface area contributed by atoms with Crippen LogP contribution < -0.4 is 10.6 Å². The lowest BCUT2D eigenvalue weighted by atomic mass is 10.3. The lowest BCUT2D eigenvalue weighted by molar-refractivity contribution is 0.425. The van der Waals surface area contributed by atoms with E-state index in [-0.39, 0.29) is 0 Å². The quantitative estimate of drug-likeness (QED) is 0.774. The van der Waals surface area contributed by atoms with Crippen LogP contribution in [-0.4, -0.2) is 52.3 Å². The number of rotatable bonds is 7. The summed E-state index contributed by atoms with van der Waals surface area (Å²) >= 11 is 0. The van der Waals surface area contributed by atoms with Crippen LogP contribution in [0.3, 0.4) is 0 Å². The number of nitrogens with zero attached hydrogens (tertiary/aromatic N) is 5. The van der Waals surface area contributed by atoms with E-state index in [1.807, 2.05) is 26.2 Å². The molecule has 2 aromatic heterocycles. The Labute approximate surface area is 118 Å². The Kier molecular flexibility index (Phi) is 5.19. The molecule has 0 aromatic carbocycles. The van der Waals surface area contributed by atoms with Gasteiger partial charge < -0.3 is 15.5 Å². The zero-order chi connectivity index (χ0) is 14.2. The Morgan fingerprint density at radius 2 is 1.95 bits per heavy atom. The standard InChI is InChI=1S/C13H19N7/c1-20(2)8-7-15-12-10-17-19-13(18-12)16-9-11-3-5-14-6-4-11/h3-6,10H,7-9H2,1-2H3,(H2,15,16,18,19). The molecule has 2 heterocycles. The predicted octanol–water partition coefficient (Wildman–Crippen LogP) is 0.852. The molecule has 0 unspecified atom stereocenters. The molecule has 2 aromatic rings. The van der Waals surface area contributed by atoms with Gasteiger partial charge in [0.2, 0.25) is 5.95 Å². The first-order chi connectivity index (χ1) is 9.74. The molecule has 2 N–H and O–H groups in total. The van der Waals surface area contributed by atoms with Crippen molar-refractivity contribution in [2.24, 2.45) is 0 Å². The summed E-state index contributed by atoms with van der Waals surface area (Å²) in [6, 6.07) is 3.89. The summed E-state index contributed by atoms with van der Waals surface area (Å²) in [5, 5.41) is 14.2. The molecule has 0 aliphatic carbocycles. The van der Waals surface area contributed by atoms with Gasteiger partial charge in [-0.05, 0) is 31.8 Å². The molecule has 0 aliphatic rings. The van der Waals surface area contributed by atoms with Crippen LogP contribution in [0.5, 0.6) is 0 Å². The number of hydrogen-bond acceptors (Lipinski definition) is 7. The molecule has 20 heavy (non-hydrogen) atoms. The van der Waals surface area contributed by atoms with Crippen LogP contribution in [0, 0.1) is 0 Å². The monoisotopic (exact) mass is 273 g/mol. The summed E-state index contributed by atoms with van der Waals surface area (Å²) in [6.07, 6.45) is 5.14. The van der Waals surface area contributed by atoms with Gasteiger partial charge in [0.05, 0.1) is 6.20 Å². The summed E-state index contributed by atoms with van der Waals surface area (Å²) in [6.45, 7) is 2.39. The van der Waals surface area contributed by atoms with Gasteiger partial charge >= 0.3 is 0 Å². The predicted molar refractivity (Wildman–Crippen MR) is 78.4 cm³/mol. The van der Waals surface area contributed by atoms with E-state index in [9.17, 15) is 0 Å². The van der Waals surface area contributed by atoms with Crippen molar-refractivity contribution in [1.82, 2.24) is 25.1 Å². The van der Waals surface area contributed by atoms with E-state index in [0.29, 0.717) is 12.5 Å². The minimum Gasteiger partial charge on any atom is -0.367 e. The molecule has 7 heteroatoms. The number of likely N-dealkylation sites (N-methyl/N-ethyl adjacent to an activating group) is 1. The third kappa shape index (κ3) is 4.77. The number of hydrogen-bond donors (Lipinski definition) is 2. The second-order valence-corrected chi connectivity index (χ2v) is 4.60. The van der Waals surface area contributed by atoms with E-state index in [2.05, 4.69) is 35.7 Å². The van der Waals surface area contributed by atoms with E-state index >= 15 is 0 Å². The van der Waals surface area contributed by atoms with Crippen LogP contribution in [0.15, 0.2) is 30.7 Å². The summed E-state index contributed by atoms with van der Waals surface area (Å²) in [5.41, 5.74) is 1.12. The number of aromatic nitrogens is 4. The highest BCUT2D eigenvalue weighted by atomic mass is 15.3. The Balaban J connectivity index is 1.86. The van der Waals surface area contributed by atoms with Gasteiger partial charge in [0.25, 0.3) is 0 Å². The Morgan fingerprint density at radius 3 is 2.70 bits per heavy atom. The van der Waals surface area contributed by atoms with Gasteiger partial charge in [-0.1, -0.05) is 0 Å². The highest BCUT2D eigenvalue weighted by molar-refractivity contribution is 5.37. The maximum Gasteiger partial charge on any atom is 0.244 e. The normalized spacial score (nSPS) is 10.6. The summed E-state index contributed by atoms with van der Waals surface area (Å²) < 4.78 is 0. The highest BCUT2D eigenvalue weighted by Crippen LogP contribution is 2.05. The smallest absolute Gasteiger partial charge is 0.244 e. The number of nitrogens with one attached hydrogen (secondary N) is 2. The van der Waals surface area contributed by atoms with E-state index in [1.54, 1.807) is 18.6 Å². The fourth-order valence-corrected chi connectivity index (χ4v) is 1.55. The van der Waals surface area contributed by atoms with Gasteiger partial charge in [-0.25, -0.2) is 0 Å². The van der Waals surface area contributed by atoms with Gasteiger partial charge in [0.15, 0.2) is 5.82 Å². The molecular formula is C13H19N7. The van der Waals surface area contributed by atoms with Crippen molar-refractivity contribution in [3.63, 3.8) is 0 Å². The minimum absolute atomic E-state index is 0.511. The van der Waals surface area contributed by atoms with Gasteiger partial charge in [-0.2, -0.15) is 10.1 Å². The molecule has 0 amide bonds. The van der Waals surface area contributed by atoms with E-state index in [1.165, 1.54) is 0 Å². The van der Waals surface area contributed by atoms with E-state index in [4.69, 9.17) is 0 Å². The maximum absolute atomic E-state index is 4.35. The second-order valence-electron chi connectivity index (χ2n) is 4.60. The van der Waals surface area contributed by atoms with Gasteiger partial charge in [0, 0.05) is 32.0 Å². The first-order valence-electron chi connectivity index (χ1n) is 6.45. The highest BCUT2D eigenvalue weighted by Gasteiger charge is 2.00. The molecule has 2 rings (SSSR count). The molecular weight excluding hydrogens is 254 g/mol. The lowest BCUT2D eigenvalue weighted by Gasteiger charge is -2.11. The second kappa shape index (κ2) is 7.34. The fourth-order valence-electron chi connectivity index (χ4n) is 1.55. The molecule has 0 saturated carbocycles. The molecule has 0 spiro atoms. The fraction of sp³-hybridized carbons (Fsp3) is 0.385. The van der Waals surface area contributed by atoms with Crippen molar-refractivity contribution in [3.05, 3.63) is 36.3 Å². The zero-order valence-corrected chi connectivity index (χ0v) is 11.7. The topological polar surface area (TPSA) is 78.9 Å². The summed E-state index contributed by atoms with van der Waals surface area (Å²) in [7, 11) is 4.06. The van der Waals surface area contributed by atoms with Gasteiger partial charge in [0.1, 0.15) is 0 Å². The van der Waals surface area contributed by atoms with Gasteiger partial charge in [-0.3, -0.25) is 4.98 Å². The van der Waals surface area contributed by atoms with Crippen LogP contribution in [0.4, 0.5) is 11.8 Å². The Hall–Kier alpha value is -2.28. The molecule has 0 bridgehead atoms. The summed E-state index contributed by atoms with van der Waals surface area (Å²) in [5.74, 6) is 1.23. The Morgan fingerprint density at radius 1 is 1.15 bits per heavy atom. The molecule has 0 fully saturated rings. The largest absolute Gasteiger partial charge is 0.367 e. The van der Waals surface area contributed by atoms with E-state index in [0.717, 1.165) is 24.5 Å². The van der Waals surface area contributed by atoms with Crippen LogP contribution in [0.2, 0.25) is 0 Å². The van der Waals surface area contributed by atoms with Crippen molar-refractivity contribution >= 4 is 11.8 Å². The third-order valence-electron chi connectivity index (χ3n) is 2.62. The molecule has 0 radical (unpaired) electrons. The SMILES string of the molecule is CN(C)CCNc1cnnc(NCc2ccncc2)n1. The van der Waals surface area contributed by atoms with Crippen LogP contribution in [0.1, 0.15) is 5.56 Å². The third-order valence-corrected chi connectivity index (χ3v) is 2.62. The van der Waals surface area contributed by atoms with Crippen molar-refractivity contribution in [2.45, 2.75) is 6.54 Å².